The van der Waals surface area contributed by atoms with Crippen LogP contribution in [0.1, 0.15) is 23.6 Å². The Morgan fingerprint density at radius 1 is 1.08 bits per heavy atom. The van der Waals surface area contributed by atoms with E-state index in [1.807, 2.05) is 13.0 Å². The van der Waals surface area contributed by atoms with Gasteiger partial charge in [0, 0.05) is 29.5 Å². The van der Waals surface area contributed by atoms with E-state index in [0.717, 1.165) is 17.0 Å². The molecule has 0 bridgehead atoms. The smallest absolute Gasteiger partial charge is 0.0501 e. The zero-order valence-corrected chi connectivity index (χ0v) is 17.0. The number of benzene rings is 2. The van der Waals surface area contributed by atoms with E-state index in [2.05, 4.69) is 78.8 Å². The average Bonchev–Trinajstić information content (AvgIpc) is 2.61. The lowest BCUT2D eigenvalue weighted by Gasteiger charge is -2.15. The van der Waals surface area contributed by atoms with Crippen molar-refractivity contribution in [2.24, 2.45) is 4.99 Å². The number of rotatable bonds is 7. The van der Waals surface area contributed by atoms with E-state index < -0.39 is 0 Å². The number of hydrogen-bond donors (Lipinski definition) is 2. The summed E-state index contributed by atoms with van der Waals surface area (Å²) in [4.78, 5) is 5.16. The molecule has 0 unspecified atom stereocenters. The Bertz CT molecular complexity index is 830. The molecule has 0 amide bonds. The summed E-state index contributed by atoms with van der Waals surface area (Å²) in [6.07, 6.45) is 3.72. The lowest BCUT2D eigenvalue weighted by molar-refractivity contribution is 1.28. The van der Waals surface area contributed by atoms with Gasteiger partial charge in [0.25, 0.3) is 0 Å². The van der Waals surface area contributed by atoms with Crippen molar-refractivity contribution >= 4 is 29.5 Å². The molecule has 136 valence electrons. The number of aryl methyl sites for hydroxylation is 3. The Balaban J connectivity index is 2.13. The van der Waals surface area contributed by atoms with Gasteiger partial charge >= 0.3 is 0 Å². The summed E-state index contributed by atoms with van der Waals surface area (Å²) in [6, 6.07) is 12.7. The largest absolute Gasteiger partial charge is 0.356 e. The van der Waals surface area contributed by atoms with E-state index in [4.69, 9.17) is 0 Å². The zero-order valence-electron chi connectivity index (χ0n) is 16.2. The first-order valence-electron chi connectivity index (χ1n) is 8.57. The fourth-order valence-corrected chi connectivity index (χ4v) is 3.38. The third-order valence-corrected chi connectivity index (χ3v) is 5.14. The molecule has 0 radical (unpaired) electrons. The average molecular weight is 366 g/mol. The highest BCUT2D eigenvalue weighted by molar-refractivity contribution is 8.00. The molecule has 0 aliphatic rings. The maximum absolute atomic E-state index is 4.11. The summed E-state index contributed by atoms with van der Waals surface area (Å²) in [5.74, 6) is 0. The molecule has 4 heteroatoms. The van der Waals surface area contributed by atoms with Crippen molar-refractivity contribution in [1.82, 2.24) is 0 Å². The molecule has 2 rings (SSSR count). The normalized spacial score (nSPS) is 11.7. The first-order valence-corrected chi connectivity index (χ1v) is 9.39. The van der Waals surface area contributed by atoms with E-state index in [1.54, 1.807) is 25.2 Å². The molecule has 0 saturated carbocycles. The highest BCUT2D eigenvalue weighted by Crippen LogP contribution is 2.30. The summed E-state index contributed by atoms with van der Waals surface area (Å²) < 4.78 is 3.51. The van der Waals surface area contributed by atoms with E-state index in [0.29, 0.717) is 0 Å². The monoisotopic (exact) mass is 365 g/mol. The van der Waals surface area contributed by atoms with E-state index in [1.165, 1.54) is 27.3 Å². The number of anilines is 2. The van der Waals surface area contributed by atoms with Crippen LogP contribution in [0.15, 0.2) is 70.2 Å². The fraction of sp³-hybridized carbons (Fsp3) is 0.227. The van der Waals surface area contributed by atoms with Crippen molar-refractivity contribution in [3.8, 4) is 0 Å². The van der Waals surface area contributed by atoms with Crippen molar-refractivity contribution < 1.29 is 0 Å². The molecule has 0 aliphatic heterocycles. The standard InChI is InChI=1S/C22H27N3S/c1-15(12-13-23-6)19(5)24-20-11-10-16(2)21(14-20)26-25-22-17(3)8-7-9-18(22)4/h7-14,24-25H,5H2,1-4,6H3/b15-12+,23-13?. The fourth-order valence-electron chi connectivity index (χ4n) is 2.43. The molecule has 0 spiro atoms. The summed E-state index contributed by atoms with van der Waals surface area (Å²) in [5.41, 5.74) is 7.85. The van der Waals surface area contributed by atoms with Crippen LogP contribution in [0.5, 0.6) is 0 Å². The highest BCUT2D eigenvalue weighted by Gasteiger charge is 2.06. The highest BCUT2D eigenvalue weighted by atomic mass is 32.2. The minimum atomic E-state index is 0.868. The maximum atomic E-state index is 4.11. The SMILES string of the molecule is C=C(Nc1ccc(C)c(SNc2c(C)cccc2C)c1)/C(C)=C/C=NC. The molecule has 0 atom stereocenters. The molecule has 2 aromatic rings. The Hall–Kier alpha value is -2.46. The third-order valence-electron chi connectivity index (χ3n) is 4.18. The molecule has 26 heavy (non-hydrogen) atoms. The molecular formula is C22H27N3S. The second-order valence-corrected chi connectivity index (χ2v) is 7.16. The molecule has 2 aromatic carbocycles. The van der Waals surface area contributed by atoms with Gasteiger partial charge in [0.05, 0.1) is 5.69 Å². The van der Waals surface area contributed by atoms with Gasteiger partial charge in [-0.1, -0.05) is 30.8 Å². The summed E-state index contributed by atoms with van der Waals surface area (Å²) in [6.45, 7) is 12.5. The number of nitrogens with one attached hydrogen (secondary N) is 2. The van der Waals surface area contributed by atoms with Gasteiger partial charge in [0.15, 0.2) is 0 Å². The molecular weight excluding hydrogens is 338 g/mol. The minimum Gasteiger partial charge on any atom is -0.356 e. The van der Waals surface area contributed by atoms with Crippen LogP contribution in [-0.2, 0) is 0 Å². The predicted molar refractivity (Wildman–Crippen MR) is 118 cm³/mol. The van der Waals surface area contributed by atoms with Crippen LogP contribution in [0.25, 0.3) is 0 Å². The van der Waals surface area contributed by atoms with Gasteiger partial charge < -0.3 is 10.0 Å². The molecule has 0 saturated heterocycles. The van der Waals surface area contributed by atoms with Gasteiger partial charge in [0.2, 0.25) is 0 Å². The van der Waals surface area contributed by atoms with Gasteiger partial charge in [-0.2, -0.15) is 0 Å². The van der Waals surface area contributed by atoms with Crippen LogP contribution >= 0.6 is 11.9 Å². The van der Waals surface area contributed by atoms with Crippen LogP contribution in [0.2, 0.25) is 0 Å². The molecule has 0 fully saturated rings. The Labute approximate surface area is 161 Å². The van der Waals surface area contributed by atoms with Gasteiger partial charge in [0.1, 0.15) is 0 Å². The molecule has 2 N–H and O–H groups in total. The van der Waals surface area contributed by atoms with E-state index in [-0.39, 0.29) is 0 Å². The molecule has 0 aliphatic carbocycles. The van der Waals surface area contributed by atoms with Crippen LogP contribution in [0.4, 0.5) is 11.4 Å². The number of aliphatic imine (C=N–C) groups is 1. The van der Waals surface area contributed by atoms with E-state index in [9.17, 15) is 0 Å². The Morgan fingerprint density at radius 2 is 1.77 bits per heavy atom. The van der Waals surface area contributed by atoms with Crippen LogP contribution in [-0.4, -0.2) is 13.3 Å². The van der Waals surface area contributed by atoms with Crippen LogP contribution in [0, 0.1) is 20.8 Å². The van der Waals surface area contributed by atoms with Crippen molar-refractivity contribution in [3.05, 3.63) is 77.0 Å². The quantitative estimate of drug-likeness (QED) is 0.343. The number of hydrogen-bond acceptors (Lipinski definition) is 4. The van der Waals surface area contributed by atoms with Crippen LogP contribution in [0.3, 0.4) is 0 Å². The predicted octanol–water partition coefficient (Wildman–Crippen LogP) is 6.30. The van der Waals surface area contributed by atoms with Crippen molar-refractivity contribution in [2.75, 3.05) is 17.1 Å². The summed E-state index contributed by atoms with van der Waals surface area (Å²) in [5, 5.41) is 3.37. The molecule has 3 nitrogen and oxygen atoms in total. The topological polar surface area (TPSA) is 36.4 Å². The zero-order chi connectivity index (χ0) is 19.1. The second kappa shape index (κ2) is 9.30. The third kappa shape index (κ3) is 5.27. The second-order valence-electron chi connectivity index (χ2n) is 6.31. The van der Waals surface area contributed by atoms with Crippen LogP contribution < -0.4 is 10.0 Å². The maximum Gasteiger partial charge on any atom is 0.0501 e. The van der Waals surface area contributed by atoms with Crippen molar-refractivity contribution in [3.63, 3.8) is 0 Å². The van der Waals surface area contributed by atoms with Crippen molar-refractivity contribution in [1.29, 1.82) is 0 Å². The van der Waals surface area contributed by atoms with Crippen molar-refractivity contribution in [2.45, 2.75) is 32.6 Å². The molecule has 0 aromatic heterocycles. The summed E-state index contributed by atoms with van der Waals surface area (Å²) >= 11 is 1.64. The minimum absolute atomic E-state index is 0.868. The Kier molecular flexibility index (Phi) is 7.10. The Morgan fingerprint density at radius 3 is 2.42 bits per heavy atom. The lowest BCUT2D eigenvalue weighted by atomic mass is 10.1. The number of nitrogens with zero attached hydrogens (tertiary/aromatic N) is 1. The van der Waals surface area contributed by atoms with Gasteiger partial charge in [-0.15, -0.1) is 0 Å². The van der Waals surface area contributed by atoms with Gasteiger partial charge in [-0.3, -0.25) is 4.99 Å². The molecule has 0 heterocycles. The summed E-state index contributed by atoms with van der Waals surface area (Å²) in [7, 11) is 1.76. The van der Waals surface area contributed by atoms with E-state index >= 15 is 0 Å². The number of allylic oxidation sites excluding steroid dienone is 2. The first-order chi connectivity index (χ1) is 12.4. The van der Waals surface area contributed by atoms with Gasteiger partial charge in [-0.25, -0.2) is 0 Å². The number of para-hydroxylation sites is 1. The van der Waals surface area contributed by atoms with Gasteiger partial charge in [-0.05, 0) is 80.1 Å². The lowest BCUT2D eigenvalue weighted by Crippen LogP contribution is -2.00. The first kappa shape index (κ1) is 19.9.